The third-order valence-electron chi connectivity index (χ3n) is 7.50. The summed E-state index contributed by atoms with van der Waals surface area (Å²) in [4.78, 5) is 31.0. The van der Waals surface area contributed by atoms with Crippen molar-refractivity contribution in [3.8, 4) is 11.5 Å². The maximum Gasteiger partial charge on any atom is 0.341 e. The summed E-state index contributed by atoms with van der Waals surface area (Å²) in [5.74, 6) is 0.987. The van der Waals surface area contributed by atoms with Crippen LogP contribution in [0.5, 0.6) is 11.5 Å². The molecule has 1 aliphatic carbocycles. The van der Waals surface area contributed by atoms with Gasteiger partial charge in [-0.3, -0.25) is 4.79 Å². The molecule has 200 valence electrons. The van der Waals surface area contributed by atoms with Gasteiger partial charge in [-0.15, -0.1) is 0 Å². The van der Waals surface area contributed by atoms with Gasteiger partial charge in [-0.1, -0.05) is 80.8 Å². The van der Waals surface area contributed by atoms with Gasteiger partial charge in [-0.05, 0) is 42.5 Å². The number of esters is 1. The maximum atomic E-state index is 13.6. The van der Waals surface area contributed by atoms with Gasteiger partial charge in [-0.25, -0.2) is 9.79 Å². The molecule has 2 atom stereocenters. The lowest BCUT2D eigenvalue weighted by molar-refractivity contribution is -0.140. The average Bonchev–Trinajstić information content (AvgIpc) is 3.28. The van der Waals surface area contributed by atoms with Crippen LogP contribution in [0.25, 0.3) is 0 Å². The first-order chi connectivity index (χ1) is 18.5. The number of ketones is 1. The fraction of sp³-hybridized carbons (Fsp3) is 0.406. The van der Waals surface area contributed by atoms with E-state index in [1.807, 2.05) is 49.4 Å². The molecule has 0 saturated heterocycles. The number of carbonyl (C=O) groups excluding carboxylic acids is 2. The molecule has 0 unspecified atom stereocenters. The highest BCUT2D eigenvalue weighted by molar-refractivity contribution is 6.11. The van der Waals surface area contributed by atoms with Crippen LogP contribution < -0.4 is 9.47 Å². The normalized spacial score (nSPS) is 20.9. The Morgan fingerprint density at radius 1 is 1.05 bits per heavy atom. The van der Waals surface area contributed by atoms with Crippen molar-refractivity contribution in [3.63, 3.8) is 0 Å². The Labute approximate surface area is 225 Å². The van der Waals surface area contributed by atoms with Crippen molar-refractivity contribution >= 4 is 17.7 Å². The molecule has 0 bridgehead atoms. The van der Waals surface area contributed by atoms with Crippen molar-refractivity contribution < 1.29 is 23.8 Å². The number of rotatable bonds is 11. The minimum absolute atomic E-state index is 0.0630. The van der Waals surface area contributed by atoms with E-state index in [0.717, 1.165) is 18.4 Å². The molecule has 1 heterocycles. The Balaban J connectivity index is 1.60. The van der Waals surface area contributed by atoms with Gasteiger partial charge >= 0.3 is 5.97 Å². The lowest BCUT2D eigenvalue weighted by Crippen LogP contribution is -2.42. The van der Waals surface area contributed by atoms with Gasteiger partial charge in [0.05, 0.1) is 14.2 Å². The molecule has 1 fully saturated rings. The van der Waals surface area contributed by atoms with Crippen LogP contribution in [-0.2, 0) is 20.7 Å². The lowest BCUT2D eigenvalue weighted by atomic mass is 9.80. The smallest absolute Gasteiger partial charge is 0.341 e. The van der Waals surface area contributed by atoms with Crippen LogP contribution in [0, 0.1) is 11.8 Å². The third kappa shape index (κ3) is 6.24. The summed E-state index contributed by atoms with van der Waals surface area (Å²) in [6, 6.07) is 15.1. The van der Waals surface area contributed by atoms with E-state index >= 15 is 0 Å². The highest BCUT2D eigenvalue weighted by Crippen LogP contribution is 2.39. The van der Waals surface area contributed by atoms with Gasteiger partial charge in [-0.2, -0.15) is 0 Å². The zero-order valence-electron chi connectivity index (χ0n) is 22.5. The van der Waals surface area contributed by atoms with E-state index in [4.69, 9.17) is 19.2 Å². The second kappa shape index (κ2) is 12.7. The van der Waals surface area contributed by atoms with E-state index in [1.165, 1.54) is 19.3 Å². The molecule has 2 aromatic carbocycles. The molecule has 6 heteroatoms. The number of methoxy groups -OCH3 is 2. The first kappa shape index (κ1) is 27.4. The summed E-state index contributed by atoms with van der Waals surface area (Å²) < 4.78 is 16.9. The van der Waals surface area contributed by atoms with E-state index < -0.39 is 11.5 Å². The Bertz CT molecular complexity index is 1190. The predicted molar refractivity (Wildman–Crippen MR) is 149 cm³/mol. The molecule has 38 heavy (non-hydrogen) atoms. The van der Waals surface area contributed by atoms with Gasteiger partial charge in [0.15, 0.2) is 11.3 Å². The summed E-state index contributed by atoms with van der Waals surface area (Å²) in [5, 5.41) is 0. The maximum absolute atomic E-state index is 13.6. The Kier molecular flexibility index (Phi) is 9.16. The summed E-state index contributed by atoms with van der Waals surface area (Å²) in [7, 11) is 3.11. The standard InChI is InChI=1S/C32H37NO5/c1-23(12-10-17-26(34)21-20-24-13-6-4-7-14-24)32(22-25-15-8-5-9-16-25)31(35)38-30(33-32)29-27(36-2)18-11-19-28(29)37-3/h5,8-12,15-16,18-21,23-24H,4,6-7,13-14,17,22H2,1-3H3/b12-10+,21-20+/t23-,32-/m1/s1. The molecule has 0 spiro atoms. The molecular weight excluding hydrogens is 478 g/mol. The van der Waals surface area contributed by atoms with Crippen LogP contribution in [0.3, 0.4) is 0 Å². The Morgan fingerprint density at radius 2 is 1.74 bits per heavy atom. The lowest BCUT2D eigenvalue weighted by Gasteiger charge is -2.27. The summed E-state index contributed by atoms with van der Waals surface area (Å²) in [5.41, 5.74) is 0.271. The van der Waals surface area contributed by atoms with Crippen molar-refractivity contribution in [2.24, 2.45) is 16.8 Å². The minimum atomic E-state index is -1.19. The van der Waals surface area contributed by atoms with E-state index in [9.17, 15) is 9.59 Å². The van der Waals surface area contributed by atoms with E-state index in [2.05, 4.69) is 6.08 Å². The van der Waals surface area contributed by atoms with Crippen molar-refractivity contribution in [1.82, 2.24) is 0 Å². The zero-order valence-corrected chi connectivity index (χ0v) is 22.5. The predicted octanol–water partition coefficient (Wildman–Crippen LogP) is 6.28. The summed E-state index contributed by atoms with van der Waals surface area (Å²) in [6.07, 6.45) is 14.3. The molecule has 4 rings (SSSR count). The molecule has 0 aromatic heterocycles. The van der Waals surface area contributed by atoms with Gasteiger partial charge in [0.2, 0.25) is 5.90 Å². The first-order valence-corrected chi connectivity index (χ1v) is 13.4. The first-order valence-electron chi connectivity index (χ1n) is 13.4. The number of nitrogens with zero attached hydrogens (tertiary/aromatic N) is 1. The van der Waals surface area contributed by atoms with Crippen molar-refractivity contribution in [3.05, 3.63) is 84.0 Å². The van der Waals surface area contributed by atoms with E-state index in [-0.39, 0.29) is 24.0 Å². The molecule has 2 aromatic rings. The van der Waals surface area contributed by atoms with Crippen LogP contribution in [-0.4, -0.2) is 37.4 Å². The topological polar surface area (TPSA) is 74.2 Å². The minimum Gasteiger partial charge on any atom is -0.496 e. The SMILES string of the molecule is COc1cccc(OC)c1C1=N[C@](Cc2ccccc2)([C@H](C)/C=C/CC(=O)/C=C/C2CCCCC2)C(=O)O1. The number of hydrogen-bond donors (Lipinski definition) is 0. The molecule has 0 amide bonds. The van der Waals surface area contributed by atoms with Crippen molar-refractivity contribution in [2.45, 2.75) is 57.4 Å². The molecule has 1 aliphatic heterocycles. The number of ether oxygens (including phenoxy) is 3. The van der Waals surface area contributed by atoms with Gasteiger partial charge in [0.1, 0.15) is 17.1 Å². The fourth-order valence-corrected chi connectivity index (χ4v) is 5.25. The highest BCUT2D eigenvalue weighted by atomic mass is 16.6. The summed E-state index contributed by atoms with van der Waals surface area (Å²) >= 11 is 0. The molecular formula is C32H37NO5. The average molecular weight is 516 g/mol. The van der Waals surface area contributed by atoms with Crippen LogP contribution in [0.2, 0.25) is 0 Å². The van der Waals surface area contributed by atoms with Crippen LogP contribution >= 0.6 is 0 Å². The van der Waals surface area contributed by atoms with E-state index in [1.54, 1.807) is 38.5 Å². The second-order valence-corrected chi connectivity index (χ2v) is 10.1. The molecule has 6 nitrogen and oxygen atoms in total. The number of allylic oxidation sites excluding steroid dienone is 3. The van der Waals surface area contributed by atoms with Crippen molar-refractivity contribution in [2.75, 3.05) is 14.2 Å². The quantitative estimate of drug-likeness (QED) is 0.200. The molecule has 2 aliphatic rings. The summed E-state index contributed by atoms with van der Waals surface area (Å²) in [6.45, 7) is 1.94. The van der Waals surface area contributed by atoms with Gasteiger partial charge < -0.3 is 14.2 Å². The number of hydrogen-bond acceptors (Lipinski definition) is 6. The number of aliphatic imine (C=N–C) groups is 1. The van der Waals surface area contributed by atoms with Crippen LogP contribution in [0.15, 0.2) is 77.8 Å². The molecule has 0 radical (unpaired) electrons. The van der Waals surface area contributed by atoms with Gasteiger partial charge in [0, 0.05) is 18.8 Å². The number of carbonyl (C=O) groups is 2. The van der Waals surface area contributed by atoms with E-state index in [0.29, 0.717) is 29.4 Å². The van der Waals surface area contributed by atoms with Crippen molar-refractivity contribution in [1.29, 1.82) is 0 Å². The number of benzene rings is 2. The Hall–Kier alpha value is -3.67. The molecule has 1 saturated carbocycles. The number of cyclic esters (lactones) is 1. The van der Waals surface area contributed by atoms with Crippen LogP contribution in [0.1, 0.15) is 56.6 Å². The highest BCUT2D eigenvalue weighted by Gasteiger charge is 2.50. The fourth-order valence-electron chi connectivity index (χ4n) is 5.25. The monoisotopic (exact) mass is 515 g/mol. The van der Waals surface area contributed by atoms with Crippen LogP contribution in [0.4, 0.5) is 0 Å². The molecule has 0 N–H and O–H groups in total. The van der Waals surface area contributed by atoms with Gasteiger partial charge in [0.25, 0.3) is 0 Å². The third-order valence-corrected chi connectivity index (χ3v) is 7.50. The zero-order chi connectivity index (χ0) is 27.0. The Morgan fingerprint density at radius 3 is 2.39 bits per heavy atom. The second-order valence-electron chi connectivity index (χ2n) is 10.1. The largest absolute Gasteiger partial charge is 0.496 e.